The summed E-state index contributed by atoms with van der Waals surface area (Å²) < 4.78 is 0. The predicted molar refractivity (Wildman–Crippen MR) is 73.4 cm³/mol. The van der Waals surface area contributed by atoms with Gasteiger partial charge in [-0.3, -0.25) is 9.78 Å². The third kappa shape index (κ3) is 3.71. The maximum Gasteiger partial charge on any atom is 0.248 e. The topological polar surface area (TPSA) is 42.0 Å². The van der Waals surface area contributed by atoms with E-state index in [9.17, 15) is 4.79 Å². The van der Waals surface area contributed by atoms with Crippen molar-refractivity contribution in [3.05, 3.63) is 65.5 Å². The van der Waals surface area contributed by atoms with Crippen LogP contribution in [0.5, 0.6) is 0 Å². The molecule has 0 aliphatic carbocycles. The average Bonchev–Trinajstić information content (AvgIpc) is 2.38. The second-order valence-electron chi connectivity index (χ2n) is 3.62. The first kappa shape index (κ1) is 12.3. The van der Waals surface area contributed by atoms with Crippen molar-refractivity contribution in [1.29, 1.82) is 0 Å². The number of nitrogens with zero attached hydrogens (tertiary/aromatic N) is 1. The number of aromatic nitrogens is 1. The van der Waals surface area contributed by atoms with Crippen LogP contribution in [0.15, 0.2) is 54.9 Å². The van der Waals surface area contributed by atoms with Gasteiger partial charge in [-0.15, -0.1) is 0 Å². The largest absolute Gasteiger partial charge is 0.321 e. The lowest BCUT2D eigenvalue weighted by atomic mass is 10.2. The Morgan fingerprint density at radius 2 is 2.17 bits per heavy atom. The molecule has 0 bridgehead atoms. The summed E-state index contributed by atoms with van der Waals surface area (Å²) in [5.74, 6) is -0.206. The fourth-order valence-electron chi connectivity index (χ4n) is 1.40. The van der Waals surface area contributed by atoms with E-state index in [2.05, 4.69) is 10.3 Å². The van der Waals surface area contributed by atoms with E-state index < -0.39 is 0 Å². The molecule has 18 heavy (non-hydrogen) atoms. The third-order valence-corrected chi connectivity index (χ3v) is 2.44. The van der Waals surface area contributed by atoms with Crippen molar-refractivity contribution in [1.82, 2.24) is 4.98 Å². The molecule has 0 atom stereocenters. The van der Waals surface area contributed by atoms with Crippen LogP contribution < -0.4 is 5.32 Å². The van der Waals surface area contributed by atoms with Crippen molar-refractivity contribution in [2.45, 2.75) is 0 Å². The Kier molecular flexibility index (Phi) is 4.10. The van der Waals surface area contributed by atoms with Gasteiger partial charge in [0.1, 0.15) is 0 Å². The van der Waals surface area contributed by atoms with Crippen molar-refractivity contribution in [3.63, 3.8) is 0 Å². The summed E-state index contributed by atoms with van der Waals surface area (Å²) in [5.41, 5.74) is 1.54. The molecule has 0 saturated heterocycles. The van der Waals surface area contributed by atoms with Crippen molar-refractivity contribution in [3.8, 4) is 0 Å². The highest BCUT2D eigenvalue weighted by atomic mass is 35.5. The standard InChI is InChI=1S/C14H11ClN2O/c15-12-4-1-3-11(9-12)6-7-14(18)17-13-5-2-8-16-10-13/h1-10H,(H,17,18). The molecule has 2 aromatic rings. The Bertz CT molecular complexity index is 567. The fraction of sp³-hybridized carbons (Fsp3) is 0. The number of anilines is 1. The predicted octanol–water partition coefficient (Wildman–Crippen LogP) is 3.39. The molecule has 1 N–H and O–H groups in total. The van der Waals surface area contributed by atoms with Gasteiger partial charge < -0.3 is 5.32 Å². The molecule has 1 aromatic carbocycles. The van der Waals surface area contributed by atoms with Crippen molar-refractivity contribution in [2.75, 3.05) is 5.32 Å². The minimum atomic E-state index is -0.206. The number of carbonyl (C=O) groups is 1. The van der Waals surface area contributed by atoms with E-state index in [1.165, 1.54) is 6.08 Å². The van der Waals surface area contributed by atoms with Gasteiger partial charge in [-0.25, -0.2) is 0 Å². The SMILES string of the molecule is O=C(C=Cc1cccc(Cl)c1)Nc1cccnc1. The molecular weight excluding hydrogens is 248 g/mol. The quantitative estimate of drug-likeness (QED) is 0.858. The Morgan fingerprint density at radius 1 is 1.28 bits per heavy atom. The number of hydrogen-bond donors (Lipinski definition) is 1. The number of benzene rings is 1. The first-order valence-electron chi connectivity index (χ1n) is 5.39. The Labute approximate surface area is 110 Å². The third-order valence-electron chi connectivity index (χ3n) is 2.20. The Morgan fingerprint density at radius 3 is 2.89 bits per heavy atom. The summed E-state index contributed by atoms with van der Waals surface area (Å²) in [5, 5.41) is 3.35. The number of carbonyl (C=O) groups excluding carboxylic acids is 1. The maximum atomic E-state index is 11.6. The number of hydrogen-bond acceptors (Lipinski definition) is 2. The summed E-state index contributed by atoms with van der Waals surface area (Å²) in [7, 11) is 0. The highest BCUT2D eigenvalue weighted by Crippen LogP contribution is 2.12. The average molecular weight is 259 g/mol. The summed E-state index contributed by atoms with van der Waals surface area (Å²) in [6.07, 6.45) is 6.40. The van der Waals surface area contributed by atoms with Crippen LogP contribution in [0.2, 0.25) is 5.02 Å². The van der Waals surface area contributed by atoms with Gasteiger partial charge in [0.2, 0.25) is 5.91 Å². The lowest BCUT2D eigenvalue weighted by Gasteiger charge is -2.00. The van der Waals surface area contributed by atoms with E-state index in [4.69, 9.17) is 11.6 Å². The molecule has 3 nitrogen and oxygen atoms in total. The monoisotopic (exact) mass is 258 g/mol. The van der Waals surface area contributed by atoms with E-state index in [-0.39, 0.29) is 5.91 Å². The van der Waals surface area contributed by atoms with Crippen molar-refractivity contribution >= 4 is 29.3 Å². The molecule has 2 rings (SSSR count). The van der Waals surface area contributed by atoms with E-state index in [1.54, 1.807) is 42.7 Å². The van der Waals surface area contributed by atoms with Crippen LogP contribution in [0.4, 0.5) is 5.69 Å². The smallest absolute Gasteiger partial charge is 0.248 e. The van der Waals surface area contributed by atoms with Crippen LogP contribution in [0.25, 0.3) is 6.08 Å². The van der Waals surface area contributed by atoms with Gasteiger partial charge in [0.15, 0.2) is 0 Å². The lowest BCUT2D eigenvalue weighted by molar-refractivity contribution is -0.111. The molecule has 1 heterocycles. The lowest BCUT2D eigenvalue weighted by Crippen LogP contribution is -2.07. The van der Waals surface area contributed by atoms with Gasteiger partial charge in [-0.2, -0.15) is 0 Å². The number of rotatable bonds is 3. The van der Waals surface area contributed by atoms with Crippen LogP contribution >= 0.6 is 11.6 Å². The van der Waals surface area contributed by atoms with Crippen molar-refractivity contribution < 1.29 is 4.79 Å². The minimum Gasteiger partial charge on any atom is -0.321 e. The second-order valence-corrected chi connectivity index (χ2v) is 4.06. The van der Waals surface area contributed by atoms with Gasteiger partial charge >= 0.3 is 0 Å². The molecule has 1 amide bonds. The fourth-order valence-corrected chi connectivity index (χ4v) is 1.60. The van der Waals surface area contributed by atoms with Gasteiger partial charge in [0, 0.05) is 17.3 Å². The zero-order valence-corrected chi connectivity index (χ0v) is 10.3. The zero-order chi connectivity index (χ0) is 12.8. The number of amides is 1. The highest BCUT2D eigenvalue weighted by molar-refractivity contribution is 6.30. The summed E-state index contributed by atoms with van der Waals surface area (Å²) in [4.78, 5) is 15.5. The molecule has 1 aromatic heterocycles. The molecule has 0 saturated carbocycles. The molecule has 0 aliphatic rings. The summed E-state index contributed by atoms with van der Waals surface area (Å²) in [6.45, 7) is 0. The Hall–Kier alpha value is -2.13. The van der Waals surface area contributed by atoms with Gasteiger partial charge in [-0.1, -0.05) is 23.7 Å². The molecule has 0 aliphatic heterocycles. The normalized spacial score (nSPS) is 10.5. The van der Waals surface area contributed by atoms with Gasteiger partial charge in [0.05, 0.1) is 11.9 Å². The molecule has 90 valence electrons. The second kappa shape index (κ2) is 5.98. The van der Waals surface area contributed by atoms with Crippen LogP contribution in [0.1, 0.15) is 5.56 Å². The highest BCUT2D eigenvalue weighted by Gasteiger charge is 1.97. The van der Waals surface area contributed by atoms with Crippen LogP contribution in [-0.4, -0.2) is 10.9 Å². The molecule has 0 unspecified atom stereocenters. The van der Waals surface area contributed by atoms with E-state index in [0.717, 1.165) is 5.56 Å². The molecular formula is C14H11ClN2O. The molecule has 0 fully saturated rings. The molecule has 0 spiro atoms. The van der Waals surface area contributed by atoms with Gasteiger partial charge in [0.25, 0.3) is 0 Å². The number of nitrogens with one attached hydrogen (secondary N) is 1. The van der Waals surface area contributed by atoms with Crippen molar-refractivity contribution in [2.24, 2.45) is 0 Å². The molecule has 0 radical (unpaired) electrons. The Balaban J connectivity index is 1.99. The first-order valence-corrected chi connectivity index (χ1v) is 5.76. The number of halogens is 1. The number of pyridine rings is 1. The van der Waals surface area contributed by atoms with Gasteiger partial charge in [-0.05, 0) is 35.9 Å². The summed E-state index contributed by atoms with van der Waals surface area (Å²) in [6, 6.07) is 10.8. The van der Waals surface area contributed by atoms with Crippen LogP contribution in [-0.2, 0) is 4.79 Å². The first-order chi connectivity index (χ1) is 8.74. The van der Waals surface area contributed by atoms with E-state index >= 15 is 0 Å². The zero-order valence-electron chi connectivity index (χ0n) is 9.51. The minimum absolute atomic E-state index is 0.206. The molecule has 4 heteroatoms. The van der Waals surface area contributed by atoms with E-state index in [1.807, 2.05) is 12.1 Å². The van der Waals surface area contributed by atoms with E-state index in [0.29, 0.717) is 10.7 Å². The maximum absolute atomic E-state index is 11.6. The summed E-state index contributed by atoms with van der Waals surface area (Å²) >= 11 is 5.85. The van der Waals surface area contributed by atoms with Crippen LogP contribution in [0.3, 0.4) is 0 Å². The van der Waals surface area contributed by atoms with Crippen LogP contribution in [0, 0.1) is 0 Å².